The number of amides is 3. The van der Waals surface area contributed by atoms with Crippen LogP contribution < -0.4 is 15.4 Å². The van der Waals surface area contributed by atoms with Gasteiger partial charge in [0.2, 0.25) is 5.88 Å². The molecule has 128 valence electrons. The number of hydrogen-bond donors (Lipinski definition) is 2. The van der Waals surface area contributed by atoms with Crippen LogP contribution in [0.4, 0.5) is 10.5 Å². The quantitative estimate of drug-likeness (QED) is 0.749. The van der Waals surface area contributed by atoms with Crippen LogP contribution in [0.5, 0.6) is 5.88 Å². The van der Waals surface area contributed by atoms with E-state index >= 15 is 0 Å². The van der Waals surface area contributed by atoms with Crippen molar-refractivity contribution >= 4 is 39.2 Å². The van der Waals surface area contributed by atoms with E-state index in [-0.39, 0.29) is 6.61 Å². The van der Waals surface area contributed by atoms with Gasteiger partial charge in [-0.1, -0.05) is 17.7 Å². The van der Waals surface area contributed by atoms with Crippen LogP contribution >= 0.6 is 11.3 Å². The van der Waals surface area contributed by atoms with E-state index < -0.39 is 11.9 Å². The fourth-order valence-corrected chi connectivity index (χ4v) is 3.01. The Balaban J connectivity index is 1.55. The van der Waals surface area contributed by atoms with Crippen molar-refractivity contribution in [1.82, 2.24) is 15.3 Å². The van der Waals surface area contributed by atoms with Crippen LogP contribution in [0.2, 0.25) is 0 Å². The molecule has 2 aromatic heterocycles. The lowest BCUT2D eigenvalue weighted by Gasteiger charge is -2.10. The molecule has 0 spiro atoms. The highest BCUT2D eigenvalue weighted by molar-refractivity contribution is 7.16. The van der Waals surface area contributed by atoms with Gasteiger partial charge in [-0.25, -0.2) is 14.8 Å². The lowest BCUT2D eigenvalue weighted by Crippen LogP contribution is -2.37. The number of nitrogens with zero attached hydrogens (tertiary/aromatic N) is 2. The van der Waals surface area contributed by atoms with Crippen molar-refractivity contribution in [2.45, 2.75) is 13.8 Å². The van der Waals surface area contributed by atoms with Crippen LogP contribution in [0.25, 0.3) is 10.2 Å². The molecule has 7 nitrogen and oxygen atoms in total. The number of ether oxygens (including phenoxy) is 1. The number of urea groups is 1. The Morgan fingerprint density at radius 2 is 2.04 bits per heavy atom. The standard InChI is InChI=1S/C17H16N4O3S/c1-10-3-4-13(11(2)7-10)20-17(23)21-14(22)8-24-15-12-5-6-25-16(12)19-9-18-15/h3-7,9H,8H2,1-2H3,(H2,20,21,22,23). The van der Waals surface area contributed by atoms with Crippen molar-refractivity contribution in [2.75, 3.05) is 11.9 Å². The topological polar surface area (TPSA) is 93.2 Å². The van der Waals surface area contributed by atoms with Crippen LogP contribution in [0.1, 0.15) is 11.1 Å². The summed E-state index contributed by atoms with van der Waals surface area (Å²) >= 11 is 1.45. The van der Waals surface area contributed by atoms with Crippen LogP contribution in [-0.4, -0.2) is 28.5 Å². The molecule has 25 heavy (non-hydrogen) atoms. The molecular formula is C17H16N4O3S. The fourth-order valence-electron chi connectivity index (χ4n) is 2.29. The Morgan fingerprint density at radius 3 is 2.84 bits per heavy atom. The first-order chi connectivity index (χ1) is 12.0. The minimum Gasteiger partial charge on any atom is -0.467 e. The molecule has 3 rings (SSSR count). The summed E-state index contributed by atoms with van der Waals surface area (Å²) in [5.41, 5.74) is 2.66. The van der Waals surface area contributed by atoms with Gasteiger partial charge >= 0.3 is 6.03 Å². The summed E-state index contributed by atoms with van der Waals surface area (Å²) in [6.07, 6.45) is 1.37. The minimum atomic E-state index is -0.607. The maximum atomic E-state index is 11.9. The van der Waals surface area contributed by atoms with E-state index in [1.54, 1.807) is 6.07 Å². The predicted octanol–water partition coefficient (Wildman–Crippen LogP) is 3.04. The van der Waals surface area contributed by atoms with Gasteiger partial charge in [0.05, 0.1) is 5.39 Å². The molecule has 0 radical (unpaired) electrons. The van der Waals surface area contributed by atoms with Gasteiger partial charge in [-0.05, 0) is 36.9 Å². The molecule has 0 atom stereocenters. The summed E-state index contributed by atoms with van der Waals surface area (Å²) in [5, 5.41) is 7.47. The van der Waals surface area contributed by atoms with E-state index in [0.717, 1.165) is 21.3 Å². The SMILES string of the molecule is Cc1ccc(NC(=O)NC(=O)COc2ncnc3sccc23)c(C)c1. The van der Waals surface area contributed by atoms with Gasteiger partial charge in [0.1, 0.15) is 11.2 Å². The average Bonchev–Trinajstić information content (AvgIpc) is 3.04. The van der Waals surface area contributed by atoms with Crippen LogP contribution in [0.15, 0.2) is 36.0 Å². The molecule has 0 unspecified atom stereocenters. The second-order valence-electron chi connectivity index (χ2n) is 5.43. The Bertz CT molecular complexity index is 939. The van der Waals surface area contributed by atoms with Crippen molar-refractivity contribution < 1.29 is 14.3 Å². The summed E-state index contributed by atoms with van der Waals surface area (Å²) in [7, 11) is 0. The number of rotatable bonds is 4. The second-order valence-corrected chi connectivity index (χ2v) is 6.32. The average molecular weight is 356 g/mol. The number of fused-ring (bicyclic) bond motifs is 1. The van der Waals surface area contributed by atoms with Crippen LogP contribution in [-0.2, 0) is 4.79 Å². The first-order valence-corrected chi connectivity index (χ1v) is 8.40. The second kappa shape index (κ2) is 7.27. The Labute approximate surface area is 148 Å². The molecule has 0 aliphatic rings. The molecule has 0 bridgehead atoms. The number of carbonyl (C=O) groups is 2. The highest BCUT2D eigenvalue weighted by Crippen LogP contribution is 2.25. The van der Waals surface area contributed by atoms with E-state index in [0.29, 0.717) is 11.6 Å². The summed E-state index contributed by atoms with van der Waals surface area (Å²) in [6, 6.07) is 6.83. The summed E-state index contributed by atoms with van der Waals surface area (Å²) in [6.45, 7) is 3.53. The molecule has 0 saturated heterocycles. The molecule has 2 heterocycles. The first-order valence-electron chi connectivity index (χ1n) is 7.52. The zero-order valence-corrected chi connectivity index (χ0v) is 14.5. The normalized spacial score (nSPS) is 10.5. The third-order valence-corrected chi connectivity index (χ3v) is 4.27. The number of benzene rings is 1. The van der Waals surface area contributed by atoms with E-state index in [9.17, 15) is 9.59 Å². The highest BCUT2D eigenvalue weighted by atomic mass is 32.1. The van der Waals surface area contributed by atoms with Crippen LogP contribution in [0, 0.1) is 13.8 Å². The van der Waals surface area contributed by atoms with Gasteiger partial charge in [0, 0.05) is 5.69 Å². The predicted molar refractivity (Wildman–Crippen MR) is 96.0 cm³/mol. The first kappa shape index (κ1) is 16.8. The Morgan fingerprint density at radius 1 is 1.20 bits per heavy atom. The summed E-state index contributed by atoms with van der Waals surface area (Å²) in [5.74, 6) is -0.250. The molecule has 8 heteroatoms. The zero-order valence-electron chi connectivity index (χ0n) is 13.7. The van der Waals surface area contributed by atoms with E-state index in [4.69, 9.17) is 4.74 Å². The van der Waals surface area contributed by atoms with Crippen molar-refractivity contribution in [2.24, 2.45) is 0 Å². The number of hydrogen-bond acceptors (Lipinski definition) is 6. The van der Waals surface area contributed by atoms with Gasteiger partial charge in [0.25, 0.3) is 5.91 Å². The van der Waals surface area contributed by atoms with Gasteiger partial charge in [0.15, 0.2) is 6.61 Å². The van der Waals surface area contributed by atoms with Gasteiger partial charge in [-0.15, -0.1) is 11.3 Å². The smallest absolute Gasteiger partial charge is 0.325 e. The van der Waals surface area contributed by atoms with Gasteiger partial charge in [-0.3, -0.25) is 10.1 Å². The summed E-state index contributed by atoms with van der Waals surface area (Å²) in [4.78, 5) is 32.7. The maximum Gasteiger partial charge on any atom is 0.325 e. The molecule has 0 fully saturated rings. The molecule has 2 N–H and O–H groups in total. The van der Waals surface area contributed by atoms with Crippen LogP contribution in [0.3, 0.4) is 0 Å². The molecule has 3 amide bonds. The molecule has 0 aliphatic carbocycles. The third kappa shape index (κ3) is 4.10. The Kier molecular flexibility index (Phi) is 4.90. The zero-order chi connectivity index (χ0) is 17.8. The van der Waals surface area contributed by atoms with E-state index in [1.807, 2.05) is 37.4 Å². The number of aromatic nitrogens is 2. The highest BCUT2D eigenvalue weighted by Gasteiger charge is 2.12. The van der Waals surface area contributed by atoms with Gasteiger partial charge in [-0.2, -0.15) is 0 Å². The molecule has 0 aliphatic heterocycles. The van der Waals surface area contributed by atoms with Gasteiger partial charge < -0.3 is 10.1 Å². The van der Waals surface area contributed by atoms with Crippen molar-refractivity contribution in [3.63, 3.8) is 0 Å². The third-order valence-electron chi connectivity index (χ3n) is 3.45. The Hall–Kier alpha value is -3.00. The lowest BCUT2D eigenvalue weighted by atomic mass is 10.1. The van der Waals surface area contributed by atoms with Crippen molar-refractivity contribution in [3.8, 4) is 5.88 Å². The number of imide groups is 1. The minimum absolute atomic E-state index is 0.316. The fraction of sp³-hybridized carbons (Fsp3) is 0.176. The number of anilines is 1. The maximum absolute atomic E-state index is 11.9. The number of aryl methyl sites for hydroxylation is 2. The monoisotopic (exact) mass is 356 g/mol. The number of thiophene rings is 1. The number of nitrogens with one attached hydrogen (secondary N) is 2. The molecular weight excluding hydrogens is 340 g/mol. The molecule has 1 aromatic carbocycles. The lowest BCUT2D eigenvalue weighted by molar-refractivity contribution is -0.121. The van der Waals surface area contributed by atoms with Crippen molar-refractivity contribution in [1.29, 1.82) is 0 Å². The largest absolute Gasteiger partial charge is 0.467 e. The molecule has 3 aromatic rings. The number of carbonyl (C=O) groups excluding carboxylic acids is 2. The van der Waals surface area contributed by atoms with Crippen molar-refractivity contribution in [3.05, 3.63) is 47.1 Å². The summed E-state index contributed by atoms with van der Waals surface area (Å²) < 4.78 is 5.39. The van der Waals surface area contributed by atoms with E-state index in [2.05, 4.69) is 20.6 Å². The molecule has 0 saturated carbocycles. The van der Waals surface area contributed by atoms with E-state index in [1.165, 1.54) is 17.7 Å².